The Morgan fingerprint density at radius 1 is 1.57 bits per heavy atom. The van der Waals surface area contributed by atoms with Gasteiger partial charge in [-0.2, -0.15) is 0 Å². The van der Waals surface area contributed by atoms with Crippen LogP contribution in [0.3, 0.4) is 0 Å². The largest absolute Gasteiger partial charge is 0.327 e. The molecule has 2 atom stereocenters. The second kappa shape index (κ2) is 2.99. The molecule has 0 amide bonds. The summed E-state index contributed by atoms with van der Waals surface area (Å²) in [6.07, 6.45) is 0.720. The first-order valence-corrected chi connectivity index (χ1v) is 2.49. The Labute approximate surface area is 44.9 Å². The molecule has 0 spiro atoms. The van der Waals surface area contributed by atoms with Gasteiger partial charge in [-0.05, 0) is 13.3 Å². The molecule has 0 heterocycles. The van der Waals surface area contributed by atoms with Crippen LogP contribution in [0.25, 0.3) is 0 Å². The van der Waals surface area contributed by atoms with Crippen LogP contribution in [0.1, 0.15) is 13.3 Å². The van der Waals surface area contributed by atoms with Crippen molar-refractivity contribution in [3.05, 3.63) is 6.92 Å². The normalized spacial score (nSPS) is 18.9. The minimum Gasteiger partial charge on any atom is -0.327 e. The van der Waals surface area contributed by atoms with Crippen LogP contribution in [0.4, 0.5) is 0 Å². The molecule has 0 rings (SSSR count). The van der Waals surface area contributed by atoms with Gasteiger partial charge in [0.1, 0.15) is 0 Å². The van der Waals surface area contributed by atoms with E-state index in [-0.39, 0.29) is 12.1 Å². The first-order valence-electron chi connectivity index (χ1n) is 2.49. The summed E-state index contributed by atoms with van der Waals surface area (Å²) in [5.74, 6) is 0. The summed E-state index contributed by atoms with van der Waals surface area (Å²) in [5, 5.41) is 0. The summed E-state index contributed by atoms with van der Waals surface area (Å²) >= 11 is 0. The summed E-state index contributed by atoms with van der Waals surface area (Å²) in [5.41, 5.74) is 10.8. The van der Waals surface area contributed by atoms with Gasteiger partial charge in [-0.25, -0.2) is 0 Å². The van der Waals surface area contributed by atoms with Crippen molar-refractivity contribution in [1.29, 1.82) is 0 Å². The predicted octanol–water partition coefficient (Wildman–Crippen LogP) is -0.115. The maximum atomic E-state index is 5.43. The van der Waals surface area contributed by atoms with Crippen molar-refractivity contribution in [3.8, 4) is 0 Å². The lowest BCUT2D eigenvalue weighted by atomic mass is 10.1. The van der Waals surface area contributed by atoms with Crippen LogP contribution >= 0.6 is 0 Å². The number of nitrogens with two attached hydrogens (primary N) is 2. The SMILES string of the molecule is [CH2]CC(N)C(C)N. The van der Waals surface area contributed by atoms with Gasteiger partial charge in [-0.1, -0.05) is 6.92 Å². The third kappa shape index (κ3) is 2.60. The zero-order valence-corrected chi connectivity index (χ0v) is 4.72. The Morgan fingerprint density at radius 3 is 2.00 bits per heavy atom. The molecule has 2 unspecified atom stereocenters. The average Bonchev–Trinajstić information content (AvgIpc) is 1.65. The topological polar surface area (TPSA) is 52.0 Å². The minimum atomic E-state index is 0.0694. The van der Waals surface area contributed by atoms with Gasteiger partial charge in [-0.15, -0.1) is 0 Å². The lowest BCUT2D eigenvalue weighted by Gasteiger charge is -2.10. The Morgan fingerprint density at radius 2 is 2.00 bits per heavy atom. The maximum absolute atomic E-state index is 5.43. The fourth-order valence-electron chi connectivity index (χ4n) is 0.263. The van der Waals surface area contributed by atoms with E-state index in [1.54, 1.807) is 0 Å². The van der Waals surface area contributed by atoms with Gasteiger partial charge in [-0.3, -0.25) is 0 Å². The lowest BCUT2D eigenvalue weighted by Crippen LogP contribution is -2.38. The van der Waals surface area contributed by atoms with Gasteiger partial charge in [0.25, 0.3) is 0 Å². The van der Waals surface area contributed by atoms with Crippen LogP contribution in [0.5, 0.6) is 0 Å². The smallest absolute Gasteiger partial charge is 0.0189 e. The van der Waals surface area contributed by atoms with Gasteiger partial charge in [0.15, 0.2) is 0 Å². The Bertz CT molecular complexity index is 43.3. The number of rotatable bonds is 2. The molecule has 0 aromatic heterocycles. The van der Waals surface area contributed by atoms with Crippen molar-refractivity contribution in [1.82, 2.24) is 0 Å². The van der Waals surface area contributed by atoms with Gasteiger partial charge in [0.2, 0.25) is 0 Å². The van der Waals surface area contributed by atoms with Crippen LogP contribution in [0.2, 0.25) is 0 Å². The van der Waals surface area contributed by atoms with E-state index in [0.29, 0.717) is 0 Å². The summed E-state index contributed by atoms with van der Waals surface area (Å²) < 4.78 is 0. The van der Waals surface area contributed by atoms with Crippen molar-refractivity contribution in [2.75, 3.05) is 0 Å². The van der Waals surface area contributed by atoms with Crippen molar-refractivity contribution in [2.45, 2.75) is 25.4 Å². The van der Waals surface area contributed by atoms with Gasteiger partial charge in [0.05, 0.1) is 0 Å². The van der Waals surface area contributed by atoms with Crippen LogP contribution < -0.4 is 11.5 Å². The van der Waals surface area contributed by atoms with E-state index in [1.165, 1.54) is 0 Å². The second-order valence-electron chi connectivity index (χ2n) is 1.81. The maximum Gasteiger partial charge on any atom is 0.0189 e. The molecule has 2 nitrogen and oxygen atoms in total. The average molecular weight is 101 g/mol. The summed E-state index contributed by atoms with van der Waals surface area (Å²) in [4.78, 5) is 0. The highest BCUT2D eigenvalue weighted by Crippen LogP contribution is 1.87. The number of hydrogen-bond donors (Lipinski definition) is 2. The highest BCUT2D eigenvalue weighted by Gasteiger charge is 2.01. The summed E-state index contributed by atoms with van der Waals surface area (Å²) in [6, 6.07) is 0.150. The molecule has 0 saturated carbocycles. The standard InChI is InChI=1S/C5H13N2/c1-3-5(7)4(2)6/h4-5H,1,3,6-7H2,2H3. The fraction of sp³-hybridized carbons (Fsp3) is 0.800. The molecule has 4 N–H and O–H groups in total. The summed E-state index contributed by atoms with van der Waals surface area (Å²) in [7, 11) is 0. The number of hydrogen-bond acceptors (Lipinski definition) is 2. The van der Waals surface area contributed by atoms with Gasteiger partial charge >= 0.3 is 0 Å². The first-order chi connectivity index (χ1) is 3.18. The van der Waals surface area contributed by atoms with Crippen LogP contribution in [-0.4, -0.2) is 12.1 Å². The van der Waals surface area contributed by atoms with Crippen LogP contribution in [0.15, 0.2) is 0 Å². The zero-order valence-electron chi connectivity index (χ0n) is 4.72. The monoisotopic (exact) mass is 101 g/mol. The third-order valence-corrected chi connectivity index (χ3v) is 1.01. The molecular formula is C5H13N2. The third-order valence-electron chi connectivity index (χ3n) is 1.01. The van der Waals surface area contributed by atoms with Crippen LogP contribution in [-0.2, 0) is 0 Å². The molecular weight excluding hydrogens is 88.1 g/mol. The van der Waals surface area contributed by atoms with Crippen molar-refractivity contribution < 1.29 is 0 Å². The van der Waals surface area contributed by atoms with Crippen LogP contribution in [0, 0.1) is 6.92 Å². The molecule has 0 aliphatic rings. The van der Waals surface area contributed by atoms with Gasteiger partial charge < -0.3 is 11.5 Å². The van der Waals surface area contributed by atoms with E-state index in [9.17, 15) is 0 Å². The Kier molecular flexibility index (Phi) is 2.96. The second-order valence-corrected chi connectivity index (χ2v) is 1.81. The molecule has 0 fully saturated rings. The van der Waals surface area contributed by atoms with Crippen molar-refractivity contribution in [2.24, 2.45) is 11.5 Å². The Balaban J connectivity index is 3.14. The molecule has 0 aromatic rings. The molecule has 43 valence electrons. The molecule has 1 radical (unpaired) electrons. The molecule has 0 bridgehead atoms. The van der Waals surface area contributed by atoms with E-state index < -0.39 is 0 Å². The van der Waals surface area contributed by atoms with E-state index in [2.05, 4.69) is 6.92 Å². The fourth-order valence-corrected chi connectivity index (χ4v) is 0.263. The highest BCUT2D eigenvalue weighted by molar-refractivity contribution is 4.71. The lowest BCUT2D eigenvalue weighted by molar-refractivity contribution is 0.564. The van der Waals surface area contributed by atoms with E-state index in [0.717, 1.165) is 6.42 Å². The van der Waals surface area contributed by atoms with Crippen molar-refractivity contribution >= 4 is 0 Å². The summed E-state index contributed by atoms with van der Waals surface area (Å²) in [6.45, 7) is 5.49. The van der Waals surface area contributed by atoms with Gasteiger partial charge in [0, 0.05) is 12.1 Å². The minimum absolute atomic E-state index is 0.0694. The zero-order chi connectivity index (χ0) is 5.86. The van der Waals surface area contributed by atoms with E-state index in [4.69, 9.17) is 11.5 Å². The van der Waals surface area contributed by atoms with E-state index in [1.807, 2.05) is 6.92 Å². The molecule has 0 aromatic carbocycles. The quantitative estimate of drug-likeness (QED) is 0.509. The molecule has 2 heteroatoms. The molecule has 0 saturated heterocycles. The molecule has 7 heavy (non-hydrogen) atoms. The molecule has 0 aliphatic heterocycles. The predicted molar refractivity (Wildman–Crippen MR) is 31.6 cm³/mol. The first kappa shape index (κ1) is 6.92. The Hall–Kier alpha value is -0.0800. The molecule has 0 aliphatic carbocycles. The highest BCUT2D eigenvalue weighted by atomic mass is 14.8. The van der Waals surface area contributed by atoms with E-state index >= 15 is 0 Å². The van der Waals surface area contributed by atoms with Crippen molar-refractivity contribution in [3.63, 3.8) is 0 Å².